The van der Waals surface area contributed by atoms with Crippen LogP contribution in [0.4, 0.5) is 10.1 Å². The summed E-state index contributed by atoms with van der Waals surface area (Å²) in [6.07, 6.45) is 2.22. The van der Waals surface area contributed by atoms with Crippen molar-refractivity contribution in [3.05, 3.63) is 24.0 Å². The number of carbonyl (C=O) groups is 1. The Morgan fingerprint density at radius 1 is 1.50 bits per heavy atom. The number of amides is 1. The molecule has 0 unspecified atom stereocenters. The van der Waals surface area contributed by atoms with Crippen molar-refractivity contribution < 1.29 is 13.9 Å². The Morgan fingerprint density at radius 3 is 2.67 bits per heavy atom. The number of nitrogens with two attached hydrogens (primary N) is 1. The number of halogens is 2. The summed E-state index contributed by atoms with van der Waals surface area (Å²) in [5.41, 5.74) is 5.11. The van der Waals surface area contributed by atoms with Gasteiger partial charge in [-0.1, -0.05) is 0 Å². The van der Waals surface area contributed by atoms with Crippen LogP contribution >= 0.6 is 12.4 Å². The smallest absolute Gasteiger partial charge is 0.244 e. The summed E-state index contributed by atoms with van der Waals surface area (Å²) in [4.78, 5) is 11.8. The topological polar surface area (TPSA) is 64.3 Å². The fourth-order valence-corrected chi connectivity index (χ4v) is 1.76. The molecular weight excluding hydrogens is 259 g/mol. The minimum atomic E-state index is -0.838. The Bertz CT molecular complexity index is 450. The third-order valence-corrected chi connectivity index (χ3v) is 3.12. The second-order valence-electron chi connectivity index (χ2n) is 4.31. The van der Waals surface area contributed by atoms with Crippen molar-refractivity contribution in [2.75, 3.05) is 12.4 Å². The molecule has 0 spiro atoms. The molecule has 1 aliphatic rings. The molecule has 18 heavy (non-hydrogen) atoms. The molecule has 0 aromatic heterocycles. The highest BCUT2D eigenvalue weighted by Crippen LogP contribution is 2.31. The van der Waals surface area contributed by atoms with E-state index in [-0.39, 0.29) is 24.0 Å². The normalized spacial score (nSPS) is 16.2. The quantitative estimate of drug-likeness (QED) is 0.887. The van der Waals surface area contributed by atoms with Gasteiger partial charge < -0.3 is 15.8 Å². The maximum Gasteiger partial charge on any atom is 0.244 e. The number of ether oxygens (including phenoxy) is 1. The molecule has 0 saturated heterocycles. The molecule has 1 fully saturated rings. The van der Waals surface area contributed by atoms with Crippen LogP contribution in [0.5, 0.6) is 5.75 Å². The molecule has 0 bridgehead atoms. The molecule has 1 aromatic rings. The summed E-state index contributed by atoms with van der Waals surface area (Å²) in [6.45, 7) is 0. The van der Waals surface area contributed by atoms with Gasteiger partial charge in [-0.05, 0) is 31.4 Å². The zero-order valence-corrected chi connectivity index (χ0v) is 10.8. The lowest BCUT2D eigenvalue weighted by molar-refractivity contribution is -0.123. The highest BCUT2D eigenvalue weighted by atomic mass is 35.5. The highest BCUT2D eigenvalue weighted by Gasteiger charge is 2.40. The van der Waals surface area contributed by atoms with Crippen molar-refractivity contribution in [2.45, 2.75) is 24.8 Å². The van der Waals surface area contributed by atoms with Crippen LogP contribution < -0.4 is 15.8 Å². The zero-order valence-electron chi connectivity index (χ0n) is 10.0. The monoisotopic (exact) mass is 274 g/mol. The summed E-state index contributed by atoms with van der Waals surface area (Å²) >= 11 is 0. The van der Waals surface area contributed by atoms with Gasteiger partial charge in [0, 0.05) is 6.07 Å². The SMILES string of the molecule is COc1ccc(F)c(NC(=O)C2(N)CCC2)c1.Cl. The van der Waals surface area contributed by atoms with Gasteiger partial charge in [-0.15, -0.1) is 12.4 Å². The number of methoxy groups -OCH3 is 1. The van der Waals surface area contributed by atoms with Crippen LogP contribution in [0.2, 0.25) is 0 Å². The summed E-state index contributed by atoms with van der Waals surface area (Å²) in [7, 11) is 1.48. The van der Waals surface area contributed by atoms with E-state index in [1.165, 1.54) is 25.3 Å². The van der Waals surface area contributed by atoms with Gasteiger partial charge in [-0.25, -0.2) is 4.39 Å². The van der Waals surface area contributed by atoms with Crippen molar-refractivity contribution in [3.63, 3.8) is 0 Å². The molecule has 1 aliphatic carbocycles. The number of nitrogens with one attached hydrogen (secondary N) is 1. The van der Waals surface area contributed by atoms with E-state index in [9.17, 15) is 9.18 Å². The predicted octanol–water partition coefficient (Wildman–Crippen LogP) is 2.08. The summed E-state index contributed by atoms with van der Waals surface area (Å²) < 4.78 is 18.4. The van der Waals surface area contributed by atoms with Gasteiger partial charge in [0.05, 0.1) is 18.3 Å². The van der Waals surface area contributed by atoms with Crippen LogP contribution in [0, 0.1) is 5.82 Å². The van der Waals surface area contributed by atoms with E-state index < -0.39 is 11.4 Å². The van der Waals surface area contributed by atoms with Gasteiger partial charge >= 0.3 is 0 Å². The Morgan fingerprint density at radius 2 is 2.17 bits per heavy atom. The van der Waals surface area contributed by atoms with Crippen LogP contribution in [0.15, 0.2) is 18.2 Å². The number of hydrogen-bond acceptors (Lipinski definition) is 3. The summed E-state index contributed by atoms with van der Waals surface area (Å²) in [5.74, 6) is -0.348. The molecule has 2 rings (SSSR count). The number of anilines is 1. The van der Waals surface area contributed by atoms with Gasteiger partial charge in [-0.3, -0.25) is 4.79 Å². The average Bonchev–Trinajstić information content (AvgIpc) is 2.28. The fourth-order valence-electron chi connectivity index (χ4n) is 1.76. The Kier molecular flexibility index (Phi) is 4.53. The van der Waals surface area contributed by atoms with Gasteiger partial charge in [0.1, 0.15) is 11.6 Å². The van der Waals surface area contributed by atoms with Crippen molar-refractivity contribution in [1.29, 1.82) is 0 Å². The lowest BCUT2D eigenvalue weighted by Crippen LogP contribution is -2.56. The molecule has 3 N–H and O–H groups in total. The first-order valence-electron chi connectivity index (χ1n) is 5.49. The molecule has 0 atom stereocenters. The van der Waals surface area contributed by atoms with Crippen molar-refractivity contribution in [1.82, 2.24) is 0 Å². The Hall–Kier alpha value is -1.33. The number of carbonyl (C=O) groups excluding carboxylic acids is 1. The van der Waals surface area contributed by atoms with Crippen molar-refractivity contribution >= 4 is 24.0 Å². The molecule has 0 heterocycles. The van der Waals surface area contributed by atoms with Gasteiger partial charge in [0.15, 0.2) is 0 Å². The first-order valence-corrected chi connectivity index (χ1v) is 5.49. The van der Waals surface area contributed by atoms with E-state index in [0.29, 0.717) is 18.6 Å². The maximum atomic E-state index is 13.5. The molecule has 0 aliphatic heterocycles. The van der Waals surface area contributed by atoms with Crippen LogP contribution in [0.3, 0.4) is 0 Å². The Balaban J connectivity index is 0.00000162. The maximum absolute atomic E-state index is 13.5. The molecular formula is C12H16ClFN2O2. The second-order valence-corrected chi connectivity index (χ2v) is 4.31. The molecule has 4 nitrogen and oxygen atoms in total. The number of hydrogen-bond donors (Lipinski definition) is 2. The van der Waals surface area contributed by atoms with Crippen LogP contribution in [-0.2, 0) is 4.79 Å². The van der Waals surface area contributed by atoms with E-state index in [2.05, 4.69) is 5.32 Å². The molecule has 6 heteroatoms. The van der Waals surface area contributed by atoms with Gasteiger partial charge in [-0.2, -0.15) is 0 Å². The molecule has 0 radical (unpaired) electrons. The lowest BCUT2D eigenvalue weighted by Gasteiger charge is -2.36. The fraction of sp³-hybridized carbons (Fsp3) is 0.417. The third-order valence-electron chi connectivity index (χ3n) is 3.12. The predicted molar refractivity (Wildman–Crippen MR) is 69.6 cm³/mol. The first-order chi connectivity index (χ1) is 8.05. The molecule has 100 valence electrons. The minimum Gasteiger partial charge on any atom is -0.497 e. The van der Waals surface area contributed by atoms with E-state index >= 15 is 0 Å². The lowest BCUT2D eigenvalue weighted by atomic mass is 9.77. The zero-order chi connectivity index (χ0) is 12.5. The van der Waals surface area contributed by atoms with Crippen LogP contribution in [0.25, 0.3) is 0 Å². The van der Waals surface area contributed by atoms with Crippen molar-refractivity contribution in [3.8, 4) is 5.75 Å². The third kappa shape index (κ3) is 2.73. The summed E-state index contributed by atoms with van der Waals surface area (Å²) in [6, 6.07) is 4.18. The largest absolute Gasteiger partial charge is 0.497 e. The van der Waals surface area contributed by atoms with Crippen LogP contribution in [0.1, 0.15) is 19.3 Å². The van der Waals surface area contributed by atoms with E-state index in [4.69, 9.17) is 10.5 Å². The van der Waals surface area contributed by atoms with Crippen molar-refractivity contribution in [2.24, 2.45) is 5.73 Å². The standard InChI is InChI=1S/C12H15FN2O2.ClH/c1-17-8-3-4-9(13)10(7-8)15-11(16)12(14)5-2-6-12;/h3-4,7H,2,5-6,14H2,1H3,(H,15,16);1H. The highest BCUT2D eigenvalue weighted by molar-refractivity contribution is 5.98. The van der Waals surface area contributed by atoms with Gasteiger partial charge in [0.25, 0.3) is 0 Å². The minimum absolute atomic E-state index is 0. The van der Waals surface area contributed by atoms with Crippen LogP contribution in [-0.4, -0.2) is 18.6 Å². The van der Waals surface area contributed by atoms with E-state index in [0.717, 1.165) is 6.42 Å². The average molecular weight is 275 g/mol. The number of rotatable bonds is 3. The van der Waals surface area contributed by atoms with E-state index in [1.54, 1.807) is 0 Å². The van der Waals surface area contributed by atoms with Gasteiger partial charge in [0.2, 0.25) is 5.91 Å². The first kappa shape index (κ1) is 14.7. The summed E-state index contributed by atoms with van der Waals surface area (Å²) in [5, 5.41) is 2.51. The molecule has 1 saturated carbocycles. The second kappa shape index (κ2) is 5.54. The van der Waals surface area contributed by atoms with E-state index in [1.807, 2.05) is 0 Å². The molecule has 1 amide bonds. The Labute approximate surface area is 111 Å². The number of benzene rings is 1. The molecule has 1 aromatic carbocycles.